The van der Waals surface area contributed by atoms with Gasteiger partial charge in [-0.2, -0.15) is 0 Å². The number of halogens is 42. The second kappa shape index (κ2) is 24.9. The Bertz CT molecular complexity index is 4860. The van der Waals surface area contributed by atoms with Crippen LogP contribution in [0.4, 0.5) is 184 Å². The van der Waals surface area contributed by atoms with E-state index in [1.54, 1.807) is 0 Å². The third-order valence-corrected chi connectivity index (χ3v) is 15.1. The summed E-state index contributed by atoms with van der Waals surface area (Å²) in [6, 6.07) is -1.55. The molecule has 0 saturated heterocycles. The van der Waals surface area contributed by atoms with Crippen molar-refractivity contribution in [3.8, 4) is 77.9 Å². The Labute approximate surface area is 529 Å². The summed E-state index contributed by atoms with van der Waals surface area (Å²) >= 11 is 0. The SMILES string of the molecule is FC1=C(F)C(F)C(F)(c2c(F)c(F)c(F)c(F)c2F)C(F)=C1c1c(F)cc(F)c(-c2c(F)c(-c3c(F)c(-c4c(F)c(F)c(F)c(F)c4F)c(F)c(-c4c(F)c(F)c(F)c(F)c4F)c3F)c(F)c(-c3c(F)c(-c4c(F)c(F)c(F)c(F)c4F)c(F)c(-c4c(F)c(F)c(F)c(F)c4F)c3F)c2F)c1F. The van der Waals surface area contributed by atoms with Gasteiger partial charge in [0, 0.05) is 6.07 Å². The lowest BCUT2D eigenvalue weighted by atomic mass is 9.79. The van der Waals surface area contributed by atoms with E-state index in [0.29, 0.717) is 0 Å². The molecule has 0 spiro atoms. The lowest BCUT2D eigenvalue weighted by molar-refractivity contribution is 0.0535. The summed E-state index contributed by atoms with van der Waals surface area (Å²) in [7, 11) is 0. The van der Waals surface area contributed by atoms with Gasteiger partial charge in [0.1, 0.15) is 69.8 Å². The lowest BCUT2D eigenvalue weighted by Gasteiger charge is -2.33. The molecule has 9 aromatic rings. The number of alkyl halides is 2. The van der Waals surface area contributed by atoms with Crippen molar-refractivity contribution in [1.82, 2.24) is 0 Å². The molecule has 10 rings (SSSR count). The van der Waals surface area contributed by atoms with Gasteiger partial charge < -0.3 is 0 Å². The Morgan fingerprint density at radius 1 is 0.186 bits per heavy atom. The molecular formula is C60H2F42. The summed E-state index contributed by atoms with van der Waals surface area (Å²) in [6.07, 6.45) is -5.33. The minimum absolute atomic E-state index is 1.55. The van der Waals surface area contributed by atoms with E-state index in [2.05, 4.69) is 0 Å². The van der Waals surface area contributed by atoms with Gasteiger partial charge in [0.2, 0.25) is 34.8 Å². The van der Waals surface area contributed by atoms with Crippen molar-refractivity contribution in [1.29, 1.82) is 0 Å². The van der Waals surface area contributed by atoms with E-state index < -0.39 is 345 Å². The van der Waals surface area contributed by atoms with E-state index in [4.69, 9.17) is 0 Å². The summed E-state index contributed by atoms with van der Waals surface area (Å²) in [6.45, 7) is 0. The normalized spacial score (nSPS) is 15.0. The first-order valence-corrected chi connectivity index (χ1v) is 25.4. The standard InChI is InChI=1S/C60H2F42/c61-2-1-3(62)5(19-39(81)57(99)59(101)60(102,58(19)100)20-40(82)50(92)56(98)51(93)41(20)83)21(63)4(2)6-22(64)7(9-25(67)11(15-31(73)42(84)52(94)43(85)32(15)74)29(71)12(26(9)68)16-33(75)44(86)53(95)45(87)34(16)76)24(66)8(23(6)65)10-27(69)13(17-35(77)46(88)54(96)47(89)36(17)78)30(72)14(28(10)70)18-37(79)48(90)55(97)49(91)38(18)80/h1,59H. The molecule has 0 fully saturated rings. The second-order valence-electron chi connectivity index (χ2n) is 20.3. The van der Waals surface area contributed by atoms with Crippen LogP contribution in [0, 0.1) is 215 Å². The molecule has 536 valence electrons. The molecule has 0 aliphatic heterocycles. The lowest BCUT2D eigenvalue weighted by Crippen LogP contribution is -2.40. The molecule has 0 radical (unpaired) electrons. The number of allylic oxidation sites excluding steroid dienone is 4. The molecule has 1 aliphatic carbocycles. The first-order valence-electron chi connectivity index (χ1n) is 25.4. The molecule has 0 bridgehead atoms. The monoisotopic (exact) mass is 1520 g/mol. The smallest absolute Gasteiger partial charge is 0.230 e. The zero-order valence-corrected chi connectivity index (χ0v) is 46.0. The fraction of sp³-hybridized carbons (Fsp3) is 0.0333. The van der Waals surface area contributed by atoms with E-state index in [1.165, 1.54) is 0 Å². The van der Waals surface area contributed by atoms with Crippen LogP contribution >= 0.6 is 0 Å². The van der Waals surface area contributed by atoms with Crippen LogP contribution in [-0.2, 0) is 5.67 Å². The topological polar surface area (TPSA) is 0 Å². The molecule has 0 N–H and O–H groups in total. The Kier molecular flexibility index (Phi) is 18.2. The summed E-state index contributed by atoms with van der Waals surface area (Å²) < 4.78 is 667. The zero-order valence-electron chi connectivity index (χ0n) is 46.0. The minimum Gasteiger partial charge on any atom is -0.235 e. The van der Waals surface area contributed by atoms with Crippen molar-refractivity contribution in [3.05, 3.63) is 250 Å². The van der Waals surface area contributed by atoms with Crippen molar-refractivity contribution in [2.75, 3.05) is 0 Å². The molecule has 1 aliphatic rings. The van der Waals surface area contributed by atoms with Crippen LogP contribution in [0.3, 0.4) is 0 Å². The van der Waals surface area contributed by atoms with E-state index in [0.717, 1.165) is 0 Å². The highest BCUT2D eigenvalue weighted by Crippen LogP contribution is 2.58. The average molecular weight is 1520 g/mol. The quantitative estimate of drug-likeness (QED) is 0.0768. The fourth-order valence-corrected chi connectivity index (χ4v) is 10.5. The van der Waals surface area contributed by atoms with Gasteiger partial charge in [-0.1, -0.05) is 0 Å². The summed E-state index contributed by atoms with van der Waals surface area (Å²) in [5.74, 6) is -154. The molecule has 0 amide bonds. The molecule has 2 atom stereocenters. The van der Waals surface area contributed by atoms with Crippen LogP contribution in [-0.4, -0.2) is 6.17 Å². The Morgan fingerprint density at radius 3 is 0.559 bits per heavy atom. The van der Waals surface area contributed by atoms with E-state index in [-0.39, 0.29) is 0 Å². The largest absolute Gasteiger partial charge is 0.235 e. The molecule has 0 heterocycles. The third-order valence-electron chi connectivity index (χ3n) is 15.1. The average Bonchev–Trinajstić information content (AvgIpc) is 0.703. The highest BCUT2D eigenvalue weighted by atomic mass is 19.2. The highest BCUT2D eigenvalue weighted by molar-refractivity contribution is 5.94. The van der Waals surface area contributed by atoms with Crippen molar-refractivity contribution in [3.63, 3.8) is 0 Å². The maximum Gasteiger partial charge on any atom is 0.230 e. The molecule has 0 saturated carbocycles. The van der Waals surface area contributed by atoms with Gasteiger partial charge in [0.05, 0.1) is 94.6 Å². The maximum atomic E-state index is 18.3. The Hall–Kier alpha value is -10.5. The zero-order chi connectivity index (χ0) is 76.7. The van der Waals surface area contributed by atoms with Gasteiger partial charge in [-0.25, -0.2) is 184 Å². The molecule has 9 aromatic carbocycles. The summed E-state index contributed by atoms with van der Waals surface area (Å²) in [4.78, 5) is 0. The van der Waals surface area contributed by atoms with Crippen LogP contribution in [0.2, 0.25) is 0 Å². The summed E-state index contributed by atoms with van der Waals surface area (Å²) in [5.41, 5.74) is -71.1. The van der Waals surface area contributed by atoms with Crippen molar-refractivity contribution in [2.45, 2.75) is 11.8 Å². The molecule has 0 aromatic heterocycles. The van der Waals surface area contributed by atoms with Crippen LogP contribution < -0.4 is 0 Å². The van der Waals surface area contributed by atoms with E-state index in [1.807, 2.05) is 0 Å². The predicted molar refractivity (Wildman–Crippen MR) is 254 cm³/mol. The first kappa shape index (κ1) is 74.2. The Balaban J connectivity index is 1.54. The van der Waals surface area contributed by atoms with E-state index in [9.17, 15) is 65.9 Å². The molecule has 2 unspecified atom stereocenters. The van der Waals surface area contributed by atoms with Gasteiger partial charge in [0.15, 0.2) is 140 Å². The van der Waals surface area contributed by atoms with Gasteiger partial charge in [-0.15, -0.1) is 0 Å². The minimum atomic E-state index is -6.44. The third kappa shape index (κ3) is 9.80. The molecule has 102 heavy (non-hydrogen) atoms. The van der Waals surface area contributed by atoms with Crippen LogP contribution in [0.5, 0.6) is 0 Å². The number of benzene rings is 9. The Morgan fingerprint density at radius 2 is 0.343 bits per heavy atom. The number of rotatable bonds is 9. The predicted octanol–water partition coefficient (Wildman–Crippen LogP) is 22.6. The van der Waals surface area contributed by atoms with Gasteiger partial charge in [-0.3, -0.25) is 0 Å². The molecule has 42 heteroatoms. The van der Waals surface area contributed by atoms with Crippen molar-refractivity contribution in [2.24, 2.45) is 0 Å². The number of hydrogen-bond acceptors (Lipinski definition) is 0. The van der Waals surface area contributed by atoms with Gasteiger partial charge in [0.25, 0.3) is 0 Å². The van der Waals surface area contributed by atoms with Crippen LogP contribution in [0.25, 0.3) is 83.5 Å². The molecular weight excluding hydrogens is 1520 g/mol. The van der Waals surface area contributed by atoms with Crippen molar-refractivity contribution < 1.29 is 184 Å². The van der Waals surface area contributed by atoms with Gasteiger partial charge in [-0.05, 0) is 0 Å². The van der Waals surface area contributed by atoms with Crippen molar-refractivity contribution >= 4 is 5.57 Å². The summed E-state index contributed by atoms with van der Waals surface area (Å²) in [5, 5.41) is 0. The fourth-order valence-electron chi connectivity index (χ4n) is 10.5. The second-order valence-corrected chi connectivity index (χ2v) is 20.3. The van der Waals surface area contributed by atoms with Crippen LogP contribution in [0.15, 0.2) is 23.5 Å². The maximum absolute atomic E-state index is 18.3. The first-order chi connectivity index (χ1) is 47.2. The highest BCUT2D eigenvalue weighted by Gasteiger charge is 2.60. The molecule has 0 nitrogen and oxygen atoms in total. The number of hydrogen-bond donors (Lipinski definition) is 0. The van der Waals surface area contributed by atoms with E-state index >= 15 is 119 Å². The van der Waals surface area contributed by atoms with Crippen LogP contribution in [0.1, 0.15) is 11.1 Å². The van der Waals surface area contributed by atoms with Gasteiger partial charge >= 0.3 is 0 Å².